The van der Waals surface area contributed by atoms with E-state index in [2.05, 4.69) is 42.9 Å². The van der Waals surface area contributed by atoms with Crippen molar-refractivity contribution in [3.05, 3.63) is 41.2 Å². The lowest BCUT2D eigenvalue weighted by atomic mass is 9.96. The summed E-state index contributed by atoms with van der Waals surface area (Å²) >= 11 is 0. The van der Waals surface area contributed by atoms with E-state index >= 15 is 0 Å². The number of nitrogens with zero attached hydrogens (tertiary/aromatic N) is 4. The molecule has 19 heavy (non-hydrogen) atoms. The predicted octanol–water partition coefficient (Wildman–Crippen LogP) is 2.99. The zero-order chi connectivity index (χ0) is 14.0. The van der Waals surface area contributed by atoms with Crippen LogP contribution in [0.2, 0.25) is 0 Å². The van der Waals surface area contributed by atoms with E-state index in [0.29, 0.717) is 5.95 Å². The van der Waals surface area contributed by atoms with Gasteiger partial charge < -0.3 is 0 Å². The second-order valence-electron chi connectivity index (χ2n) is 4.70. The van der Waals surface area contributed by atoms with E-state index in [0.717, 1.165) is 11.1 Å². The standard InChI is InChI=1S/C15H16N4/c1-10-5-11(2)14(12(3)6-10)13-7-17-15(18-8-13)19(4)9-16/h5-8H,1-4H3. The first-order valence-corrected chi connectivity index (χ1v) is 6.06. The molecule has 2 aromatic rings. The Labute approximate surface area is 113 Å². The van der Waals surface area contributed by atoms with E-state index in [-0.39, 0.29) is 0 Å². The third-order valence-corrected chi connectivity index (χ3v) is 3.05. The van der Waals surface area contributed by atoms with Gasteiger partial charge in [0.05, 0.1) is 0 Å². The van der Waals surface area contributed by atoms with Crippen LogP contribution in [0.15, 0.2) is 24.5 Å². The number of benzene rings is 1. The zero-order valence-corrected chi connectivity index (χ0v) is 11.6. The molecule has 1 aromatic heterocycles. The number of aryl methyl sites for hydroxylation is 3. The number of anilines is 1. The van der Waals surface area contributed by atoms with Gasteiger partial charge in [0.1, 0.15) is 0 Å². The summed E-state index contributed by atoms with van der Waals surface area (Å²) in [5.74, 6) is 0.411. The van der Waals surface area contributed by atoms with Gasteiger partial charge in [-0.1, -0.05) is 17.7 Å². The molecule has 0 aliphatic rings. The van der Waals surface area contributed by atoms with Crippen LogP contribution in [0.5, 0.6) is 0 Å². The minimum Gasteiger partial charge on any atom is -0.250 e. The van der Waals surface area contributed by atoms with Crippen molar-refractivity contribution in [3.8, 4) is 17.3 Å². The maximum absolute atomic E-state index is 8.79. The smallest absolute Gasteiger partial charge is 0.238 e. The molecule has 0 aliphatic heterocycles. The summed E-state index contributed by atoms with van der Waals surface area (Å²) in [6.45, 7) is 6.26. The molecule has 2 rings (SSSR count). The Hall–Kier alpha value is -2.41. The first-order chi connectivity index (χ1) is 9.02. The predicted molar refractivity (Wildman–Crippen MR) is 75.7 cm³/mol. The average Bonchev–Trinajstić information content (AvgIpc) is 2.37. The molecule has 1 heterocycles. The van der Waals surface area contributed by atoms with Crippen LogP contribution in [0.4, 0.5) is 5.95 Å². The summed E-state index contributed by atoms with van der Waals surface area (Å²) in [4.78, 5) is 9.78. The number of hydrogen-bond acceptors (Lipinski definition) is 4. The highest BCUT2D eigenvalue weighted by molar-refractivity contribution is 5.70. The summed E-state index contributed by atoms with van der Waals surface area (Å²) in [6.07, 6.45) is 5.51. The van der Waals surface area contributed by atoms with E-state index in [4.69, 9.17) is 5.26 Å². The van der Waals surface area contributed by atoms with Crippen molar-refractivity contribution < 1.29 is 0 Å². The second kappa shape index (κ2) is 5.07. The summed E-state index contributed by atoms with van der Waals surface area (Å²) in [5, 5.41) is 8.79. The quantitative estimate of drug-likeness (QED) is 0.609. The Morgan fingerprint density at radius 2 is 1.58 bits per heavy atom. The molecule has 0 spiro atoms. The summed E-state index contributed by atoms with van der Waals surface area (Å²) in [5.41, 5.74) is 5.81. The van der Waals surface area contributed by atoms with Crippen LogP contribution >= 0.6 is 0 Å². The van der Waals surface area contributed by atoms with Gasteiger partial charge in [-0.3, -0.25) is 4.90 Å². The van der Waals surface area contributed by atoms with Gasteiger partial charge in [-0.15, -0.1) is 0 Å². The van der Waals surface area contributed by atoms with Gasteiger partial charge in [0.2, 0.25) is 5.95 Å². The van der Waals surface area contributed by atoms with Gasteiger partial charge in [-0.2, -0.15) is 5.26 Å². The first kappa shape index (κ1) is 13.0. The topological polar surface area (TPSA) is 52.8 Å². The SMILES string of the molecule is Cc1cc(C)c(-c2cnc(N(C)C#N)nc2)c(C)c1. The van der Waals surface area contributed by atoms with Crippen molar-refractivity contribution in [1.82, 2.24) is 9.97 Å². The molecular weight excluding hydrogens is 236 g/mol. The highest BCUT2D eigenvalue weighted by Crippen LogP contribution is 2.27. The molecule has 0 N–H and O–H groups in total. The van der Waals surface area contributed by atoms with Gasteiger partial charge in [0.15, 0.2) is 6.19 Å². The van der Waals surface area contributed by atoms with E-state index in [1.165, 1.54) is 21.6 Å². The molecule has 96 valence electrons. The van der Waals surface area contributed by atoms with Crippen molar-refractivity contribution >= 4 is 5.95 Å². The van der Waals surface area contributed by atoms with Gasteiger partial charge in [-0.05, 0) is 37.5 Å². The van der Waals surface area contributed by atoms with Gasteiger partial charge in [0.25, 0.3) is 0 Å². The minimum absolute atomic E-state index is 0.411. The van der Waals surface area contributed by atoms with Crippen LogP contribution in [0, 0.1) is 32.2 Å². The monoisotopic (exact) mass is 252 g/mol. The van der Waals surface area contributed by atoms with Crippen LogP contribution < -0.4 is 4.90 Å². The normalized spacial score (nSPS) is 10.1. The van der Waals surface area contributed by atoms with Gasteiger partial charge in [-0.25, -0.2) is 9.97 Å². The molecular formula is C15H16N4. The van der Waals surface area contributed by atoms with Gasteiger partial charge >= 0.3 is 0 Å². The van der Waals surface area contributed by atoms with Gasteiger partial charge in [0, 0.05) is 25.0 Å². The third kappa shape index (κ3) is 2.55. The molecule has 0 atom stereocenters. The molecule has 0 aliphatic carbocycles. The molecule has 0 saturated heterocycles. The zero-order valence-electron chi connectivity index (χ0n) is 11.6. The van der Waals surface area contributed by atoms with Crippen molar-refractivity contribution in [2.75, 3.05) is 11.9 Å². The first-order valence-electron chi connectivity index (χ1n) is 6.06. The molecule has 1 aromatic carbocycles. The molecule has 0 amide bonds. The van der Waals surface area contributed by atoms with E-state index in [1.807, 2.05) is 6.19 Å². The molecule has 4 heteroatoms. The number of aromatic nitrogens is 2. The average molecular weight is 252 g/mol. The number of hydrogen-bond donors (Lipinski definition) is 0. The van der Waals surface area contributed by atoms with Crippen molar-refractivity contribution in [1.29, 1.82) is 5.26 Å². The Morgan fingerprint density at radius 3 is 2.05 bits per heavy atom. The fourth-order valence-corrected chi connectivity index (χ4v) is 2.30. The summed E-state index contributed by atoms with van der Waals surface area (Å²) in [7, 11) is 1.64. The maximum Gasteiger partial charge on any atom is 0.238 e. The largest absolute Gasteiger partial charge is 0.250 e. The van der Waals surface area contributed by atoms with E-state index in [9.17, 15) is 0 Å². The van der Waals surface area contributed by atoms with Crippen LogP contribution in [-0.4, -0.2) is 17.0 Å². The molecule has 0 unspecified atom stereocenters. The molecule has 0 fully saturated rings. The van der Waals surface area contributed by atoms with Crippen LogP contribution in [0.3, 0.4) is 0 Å². The van der Waals surface area contributed by atoms with Crippen molar-refractivity contribution in [3.63, 3.8) is 0 Å². The fourth-order valence-electron chi connectivity index (χ4n) is 2.30. The highest BCUT2D eigenvalue weighted by atomic mass is 15.2. The lowest BCUT2D eigenvalue weighted by Gasteiger charge is -2.12. The molecule has 0 radical (unpaired) electrons. The second-order valence-corrected chi connectivity index (χ2v) is 4.70. The highest BCUT2D eigenvalue weighted by Gasteiger charge is 2.09. The number of nitriles is 1. The van der Waals surface area contributed by atoms with Crippen LogP contribution in [0.1, 0.15) is 16.7 Å². The summed E-state index contributed by atoms with van der Waals surface area (Å²) < 4.78 is 0. The maximum atomic E-state index is 8.79. The van der Waals surface area contributed by atoms with Crippen LogP contribution in [0.25, 0.3) is 11.1 Å². The fraction of sp³-hybridized carbons (Fsp3) is 0.267. The molecule has 4 nitrogen and oxygen atoms in total. The number of rotatable bonds is 2. The molecule has 0 saturated carbocycles. The Bertz CT molecular complexity index is 615. The lowest BCUT2D eigenvalue weighted by Crippen LogP contribution is -2.11. The molecule has 0 bridgehead atoms. The minimum atomic E-state index is 0.411. The van der Waals surface area contributed by atoms with Crippen LogP contribution in [-0.2, 0) is 0 Å². The van der Waals surface area contributed by atoms with E-state index in [1.54, 1.807) is 19.4 Å². The Balaban J connectivity index is 2.47. The Morgan fingerprint density at radius 1 is 1.05 bits per heavy atom. The Kier molecular flexibility index (Phi) is 3.48. The summed E-state index contributed by atoms with van der Waals surface area (Å²) in [6, 6.07) is 4.30. The van der Waals surface area contributed by atoms with E-state index < -0.39 is 0 Å². The lowest BCUT2D eigenvalue weighted by molar-refractivity contribution is 1.04. The van der Waals surface area contributed by atoms with Crippen molar-refractivity contribution in [2.24, 2.45) is 0 Å². The van der Waals surface area contributed by atoms with Crippen molar-refractivity contribution in [2.45, 2.75) is 20.8 Å². The third-order valence-electron chi connectivity index (χ3n) is 3.05.